The summed E-state index contributed by atoms with van der Waals surface area (Å²) >= 11 is 0. The van der Waals surface area contributed by atoms with Crippen molar-refractivity contribution in [2.75, 3.05) is 0 Å². The average molecular weight is 247 g/mol. The highest BCUT2D eigenvalue weighted by atomic mass is 19.1. The fourth-order valence-corrected chi connectivity index (χ4v) is 3.03. The van der Waals surface area contributed by atoms with Crippen LogP contribution in [0.1, 0.15) is 44.4 Å². The third kappa shape index (κ3) is 1.83. The van der Waals surface area contributed by atoms with Crippen LogP contribution in [0.4, 0.5) is 4.39 Å². The maximum atomic E-state index is 13.2. The predicted molar refractivity (Wildman–Crippen MR) is 69.7 cm³/mol. The second kappa shape index (κ2) is 4.09. The Bertz CT molecular complexity index is 569. The van der Waals surface area contributed by atoms with Crippen molar-refractivity contribution in [3.8, 4) is 0 Å². The number of furan rings is 1. The molecule has 2 N–H and O–H groups in total. The molecule has 1 heterocycles. The number of nitrogens with two attached hydrogens (primary N) is 1. The van der Waals surface area contributed by atoms with Gasteiger partial charge in [-0.3, -0.25) is 0 Å². The van der Waals surface area contributed by atoms with Crippen LogP contribution in [-0.2, 0) is 0 Å². The van der Waals surface area contributed by atoms with Crippen molar-refractivity contribution in [2.24, 2.45) is 11.1 Å². The summed E-state index contributed by atoms with van der Waals surface area (Å²) in [5.41, 5.74) is 7.18. The van der Waals surface area contributed by atoms with E-state index in [9.17, 15) is 4.39 Å². The van der Waals surface area contributed by atoms with Crippen LogP contribution >= 0.6 is 0 Å². The van der Waals surface area contributed by atoms with Crippen LogP contribution in [0, 0.1) is 11.2 Å². The Morgan fingerprint density at radius 2 is 2.00 bits per heavy atom. The first-order valence-corrected chi connectivity index (χ1v) is 6.53. The van der Waals surface area contributed by atoms with Gasteiger partial charge in [-0.15, -0.1) is 0 Å². The standard InChI is InChI=1S/C15H18FNO/c1-15(6-2-3-7-15)14(17)13-9-10-8-11(16)4-5-12(10)18-13/h4-5,8-9,14H,2-3,6-7,17H2,1H3. The van der Waals surface area contributed by atoms with E-state index in [4.69, 9.17) is 10.2 Å². The van der Waals surface area contributed by atoms with E-state index in [1.165, 1.54) is 25.0 Å². The topological polar surface area (TPSA) is 39.2 Å². The fraction of sp³-hybridized carbons (Fsp3) is 0.467. The molecule has 1 aromatic carbocycles. The summed E-state index contributed by atoms with van der Waals surface area (Å²) in [4.78, 5) is 0. The minimum Gasteiger partial charge on any atom is -0.459 e. The predicted octanol–water partition coefficient (Wildman–Crippen LogP) is 4.15. The van der Waals surface area contributed by atoms with E-state index >= 15 is 0 Å². The summed E-state index contributed by atoms with van der Waals surface area (Å²) in [5, 5.41) is 0.794. The first-order chi connectivity index (χ1) is 8.58. The molecule has 3 rings (SSSR count). The van der Waals surface area contributed by atoms with Crippen molar-refractivity contribution < 1.29 is 8.81 Å². The van der Waals surface area contributed by atoms with Gasteiger partial charge in [0.2, 0.25) is 0 Å². The number of hydrogen-bond acceptors (Lipinski definition) is 2. The molecule has 3 heteroatoms. The first kappa shape index (κ1) is 11.7. The third-order valence-corrected chi connectivity index (χ3v) is 4.30. The quantitative estimate of drug-likeness (QED) is 0.865. The van der Waals surface area contributed by atoms with Gasteiger partial charge in [-0.2, -0.15) is 0 Å². The molecule has 1 saturated carbocycles. The van der Waals surface area contributed by atoms with Crippen LogP contribution < -0.4 is 5.73 Å². The van der Waals surface area contributed by atoms with Crippen LogP contribution in [0.3, 0.4) is 0 Å². The Morgan fingerprint density at radius 3 is 2.72 bits per heavy atom. The summed E-state index contributed by atoms with van der Waals surface area (Å²) in [6.07, 6.45) is 4.75. The van der Waals surface area contributed by atoms with Gasteiger partial charge < -0.3 is 10.2 Å². The average Bonchev–Trinajstić information content (AvgIpc) is 2.94. The highest BCUT2D eigenvalue weighted by Gasteiger charge is 2.37. The van der Waals surface area contributed by atoms with Crippen molar-refractivity contribution >= 4 is 11.0 Å². The largest absolute Gasteiger partial charge is 0.459 e. The molecule has 1 atom stereocenters. The maximum Gasteiger partial charge on any atom is 0.134 e. The van der Waals surface area contributed by atoms with Crippen molar-refractivity contribution in [1.29, 1.82) is 0 Å². The molecule has 0 radical (unpaired) electrons. The molecular weight excluding hydrogens is 229 g/mol. The van der Waals surface area contributed by atoms with Crippen LogP contribution in [0.5, 0.6) is 0 Å². The van der Waals surface area contributed by atoms with E-state index in [2.05, 4.69) is 6.92 Å². The van der Waals surface area contributed by atoms with Crippen molar-refractivity contribution in [3.63, 3.8) is 0 Å². The molecule has 0 amide bonds. The van der Waals surface area contributed by atoms with Crippen molar-refractivity contribution in [2.45, 2.75) is 38.6 Å². The number of benzene rings is 1. The SMILES string of the molecule is CC1(C(N)c2cc3cc(F)ccc3o2)CCCC1. The number of hydrogen-bond donors (Lipinski definition) is 1. The lowest BCUT2D eigenvalue weighted by atomic mass is 9.80. The minimum absolute atomic E-state index is 0.101. The molecule has 1 aromatic heterocycles. The smallest absolute Gasteiger partial charge is 0.134 e. The zero-order valence-electron chi connectivity index (χ0n) is 10.6. The molecule has 0 aliphatic heterocycles. The number of rotatable bonds is 2. The molecule has 1 aliphatic carbocycles. The van der Waals surface area contributed by atoms with Gasteiger partial charge in [-0.05, 0) is 42.5 Å². The van der Waals surface area contributed by atoms with Crippen LogP contribution in [0.15, 0.2) is 28.7 Å². The summed E-state index contributed by atoms with van der Waals surface area (Å²) < 4.78 is 18.9. The van der Waals surface area contributed by atoms with Crippen molar-refractivity contribution in [3.05, 3.63) is 35.8 Å². The zero-order chi connectivity index (χ0) is 12.8. The van der Waals surface area contributed by atoms with Gasteiger partial charge in [0.1, 0.15) is 17.2 Å². The highest BCUT2D eigenvalue weighted by molar-refractivity contribution is 5.78. The molecule has 0 bridgehead atoms. The van der Waals surface area contributed by atoms with Gasteiger partial charge in [-0.1, -0.05) is 19.8 Å². The van der Waals surface area contributed by atoms with Gasteiger partial charge in [0.25, 0.3) is 0 Å². The van der Waals surface area contributed by atoms with Crippen LogP contribution in [0.2, 0.25) is 0 Å². The molecule has 0 saturated heterocycles. The Kier molecular flexibility index (Phi) is 2.67. The Hall–Kier alpha value is -1.35. The van der Waals surface area contributed by atoms with Gasteiger partial charge >= 0.3 is 0 Å². The van der Waals surface area contributed by atoms with E-state index in [-0.39, 0.29) is 17.3 Å². The molecule has 0 spiro atoms. The monoisotopic (exact) mass is 247 g/mol. The fourth-order valence-electron chi connectivity index (χ4n) is 3.03. The minimum atomic E-state index is -0.240. The van der Waals surface area contributed by atoms with E-state index in [0.29, 0.717) is 5.58 Å². The zero-order valence-corrected chi connectivity index (χ0v) is 10.6. The van der Waals surface area contributed by atoms with Crippen LogP contribution in [-0.4, -0.2) is 0 Å². The molecule has 2 aromatic rings. The Labute approximate surface area is 106 Å². The van der Waals surface area contributed by atoms with E-state index < -0.39 is 0 Å². The van der Waals surface area contributed by atoms with E-state index in [1.807, 2.05) is 6.07 Å². The maximum absolute atomic E-state index is 13.2. The molecular formula is C15H18FNO. The summed E-state index contributed by atoms with van der Waals surface area (Å²) in [5.74, 6) is 0.537. The number of halogens is 1. The Morgan fingerprint density at radius 1 is 1.28 bits per heavy atom. The lowest BCUT2D eigenvalue weighted by Crippen LogP contribution is -2.28. The summed E-state index contributed by atoms with van der Waals surface area (Å²) in [7, 11) is 0. The lowest BCUT2D eigenvalue weighted by Gasteiger charge is -2.29. The Balaban J connectivity index is 1.98. The second-order valence-corrected chi connectivity index (χ2v) is 5.67. The molecule has 96 valence electrons. The molecule has 1 fully saturated rings. The lowest BCUT2D eigenvalue weighted by molar-refractivity contribution is 0.239. The van der Waals surface area contributed by atoms with Gasteiger partial charge in [0.15, 0.2) is 0 Å². The first-order valence-electron chi connectivity index (χ1n) is 6.53. The molecule has 1 unspecified atom stereocenters. The summed E-state index contributed by atoms with van der Waals surface area (Å²) in [6, 6.07) is 6.35. The van der Waals surface area contributed by atoms with Crippen molar-refractivity contribution in [1.82, 2.24) is 0 Å². The van der Waals surface area contributed by atoms with Gasteiger partial charge in [-0.25, -0.2) is 4.39 Å². The van der Waals surface area contributed by atoms with Crippen LogP contribution in [0.25, 0.3) is 11.0 Å². The third-order valence-electron chi connectivity index (χ3n) is 4.30. The summed E-state index contributed by atoms with van der Waals surface area (Å²) in [6.45, 7) is 2.22. The highest BCUT2D eigenvalue weighted by Crippen LogP contribution is 2.46. The molecule has 18 heavy (non-hydrogen) atoms. The normalized spacial score (nSPS) is 20.4. The number of fused-ring (bicyclic) bond motifs is 1. The van der Waals surface area contributed by atoms with Gasteiger partial charge in [0.05, 0.1) is 6.04 Å². The molecule has 2 nitrogen and oxygen atoms in total. The van der Waals surface area contributed by atoms with Gasteiger partial charge in [0, 0.05) is 5.39 Å². The van der Waals surface area contributed by atoms with E-state index in [1.54, 1.807) is 6.07 Å². The molecule has 1 aliphatic rings. The van der Waals surface area contributed by atoms with E-state index in [0.717, 1.165) is 24.0 Å². The second-order valence-electron chi connectivity index (χ2n) is 5.67.